The number of aromatic nitrogens is 2. The van der Waals surface area contributed by atoms with E-state index < -0.39 is 0 Å². The molecule has 0 aliphatic rings. The average Bonchev–Trinajstić information content (AvgIpc) is 2.90. The Morgan fingerprint density at radius 1 is 1.39 bits per heavy atom. The van der Waals surface area contributed by atoms with Gasteiger partial charge in [-0.2, -0.15) is 0 Å². The lowest BCUT2D eigenvalue weighted by Crippen LogP contribution is -2.22. The van der Waals surface area contributed by atoms with Gasteiger partial charge in [0.2, 0.25) is 0 Å². The van der Waals surface area contributed by atoms with Gasteiger partial charge in [0.05, 0.1) is 6.54 Å². The third-order valence-corrected chi connectivity index (χ3v) is 3.04. The summed E-state index contributed by atoms with van der Waals surface area (Å²) >= 11 is 1.52. The Morgan fingerprint density at radius 2 is 2.28 bits per heavy atom. The Labute approximate surface area is 109 Å². The summed E-state index contributed by atoms with van der Waals surface area (Å²) in [7, 11) is 0. The van der Waals surface area contributed by atoms with Crippen molar-refractivity contribution in [3.8, 4) is 0 Å². The second kappa shape index (κ2) is 6.11. The summed E-state index contributed by atoms with van der Waals surface area (Å²) in [5.74, 6) is 0.589. The minimum absolute atomic E-state index is 0.119. The molecule has 2 rings (SSSR count). The molecule has 0 saturated heterocycles. The minimum Gasteiger partial charge on any atom is -0.370 e. The molecule has 0 bridgehead atoms. The number of nitrogens with one attached hydrogen (secondary N) is 2. The molecule has 6 heteroatoms. The van der Waals surface area contributed by atoms with E-state index in [1.807, 2.05) is 12.3 Å². The highest BCUT2D eigenvalue weighted by atomic mass is 32.1. The standard InChI is InChI=1S/C12H14N4OS/c1-2-13-10-7-9(3-4-14-10)12(17)16-8-11-15-5-6-18-11/h3-7H,2,8H2,1H3,(H,13,14)(H,16,17). The Kier molecular flexibility index (Phi) is 4.25. The second-order valence-corrected chi connectivity index (χ2v) is 4.55. The largest absolute Gasteiger partial charge is 0.370 e. The quantitative estimate of drug-likeness (QED) is 0.863. The Bertz CT molecular complexity index is 513. The Balaban J connectivity index is 1.97. The second-order valence-electron chi connectivity index (χ2n) is 3.57. The van der Waals surface area contributed by atoms with Crippen LogP contribution < -0.4 is 10.6 Å². The van der Waals surface area contributed by atoms with Gasteiger partial charge in [-0.25, -0.2) is 9.97 Å². The van der Waals surface area contributed by atoms with Crippen molar-refractivity contribution in [3.63, 3.8) is 0 Å². The van der Waals surface area contributed by atoms with Crippen LogP contribution in [0.2, 0.25) is 0 Å². The third kappa shape index (κ3) is 3.27. The summed E-state index contributed by atoms with van der Waals surface area (Å²) in [4.78, 5) is 20.1. The van der Waals surface area contributed by atoms with Crippen LogP contribution in [0.15, 0.2) is 29.9 Å². The number of amides is 1. The van der Waals surface area contributed by atoms with Crippen molar-refractivity contribution in [2.24, 2.45) is 0 Å². The van der Waals surface area contributed by atoms with Crippen LogP contribution in [0.5, 0.6) is 0 Å². The molecule has 94 valence electrons. The number of pyridine rings is 1. The maximum absolute atomic E-state index is 11.9. The highest BCUT2D eigenvalue weighted by molar-refractivity contribution is 7.09. The summed E-state index contributed by atoms with van der Waals surface area (Å²) in [5.41, 5.74) is 0.595. The molecule has 0 saturated carbocycles. The highest BCUT2D eigenvalue weighted by Crippen LogP contribution is 2.07. The third-order valence-electron chi connectivity index (χ3n) is 2.26. The van der Waals surface area contributed by atoms with E-state index in [-0.39, 0.29) is 5.91 Å². The van der Waals surface area contributed by atoms with Gasteiger partial charge in [0, 0.05) is 29.9 Å². The fraction of sp³-hybridized carbons (Fsp3) is 0.250. The highest BCUT2D eigenvalue weighted by Gasteiger charge is 2.07. The lowest BCUT2D eigenvalue weighted by atomic mass is 10.2. The predicted octanol–water partition coefficient (Wildman–Crippen LogP) is 1.90. The van der Waals surface area contributed by atoms with E-state index in [0.29, 0.717) is 17.9 Å². The fourth-order valence-corrected chi connectivity index (χ4v) is 2.00. The number of nitrogens with zero attached hydrogens (tertiary/aromatic N) is 2. The molecule has 2 aromatic rings. The van der Waals surface area contributed by atoms with Crippen LogP contribution in [0.1, 0.15) is 22.3 Å². The molecule has 18 heavy (non-hydrogen) atoms. The van der Waals surface area contributed by atoms with E-state index in [2.05, 4.69) is 20.6 Å². The first-order valence-corrected chi connectivity index (χ1v) is 6.54. The summed E-state index contributed by atoms with van der Waals surface area (Å²) in [6, 6.07) is 3.43. The molecule has 1 amide bonds. The molecule has 0 aliphatic carbocycles. The Morgan fingerprint density at radius 3 is 3.00 bits per heavy atom. The van der Waals surface area contributed by atoms with Crippen LogP contribution in [0.3, 0.4) is 0 Å². The smallest absolute Gasteiger partial charge is 0.251 e. The predicted molar refractivity (Wildman–Crippen MR) is 71.7 cm³/mol. The lowest BCUT2D eigenvalue weighted by molar-refractivity contribution is 0.0951. The maximum atomic E-state index is 11.9. The molecule has 0 aromatic carbocycles. The molecular weight excluding hydrogens is 248 g/mol. The number of rotatable bonds is 5. The summed E-state index contributed by atoms with van der Waals surface area (Å²) in [6.07, 6.45) is 3.35. The minimum atomic E-state index is -0.119. The van der Waals surface area contributed by atoms with Gasteiger partial charge in [0.15, 0.2) is 0 Å². The van der Waals surface area contributed by atoms with Crippen molar-refractivity contribution >= 4 is 23.1 Å². The summed E-state index contributed by atoms with van der Waals surface area (Å²) in [5, 5.41) is 8.67. The molecular formula is C12H14N4OS. The average molecular weight is 262 g/mol. The van der Waals surface area contributed by atoms with Gasteiger partial charge in [0.1, 0.15) is 10.8 Å². The van der Waals surface area contributed by atoms with Crippen molar-refractivity contribution in [2.75, 3.05) is 11.9 Å². The molecule has 0 fully saturated rings. The maximum Gasteiger partial charge on any atom is 0.251 e. The zero-order valence-electron chi connectivity index (χ0n) is 10.0. The molecule has 2 heterocycles. The number of thiazole rings is 1. The van der Waals surface area contributed by atoms with Crippen LogP contribution in [0.25, 0.3) is 0 Å². The van der Waals surface area contributed by atoms with Crippen LogP contribution in [0.4, 0.5) is 5.82 Å². The zero-order chi connectivity index (χ0) is 12.8. The van der Waals surface area contributed by atoms with Gasteiger partial charge in [-0.1, -0.05) is 0 Å². The molecule has 2 N–H and O–H groups in total. The van der Waals surface area contributed by atoms with Gasteiger partial charge in [0.25, 0.3) is 5.91 Å². The van der Waals surface area contributed by atoms with Crippen molar-refractivity contribution < 1.29 is 4.79 Å². The number of hydrogen-bond acceptors (Lipinski definition) is 5. The molecule has 5 nitrogen and oxygen atoms in total. The molecule has 0 unspecified atom stereocenters. The van der Waals surface area contributed by atoms with E-state index in [1.54, 1.807) is 24.5 Å². The Hall–Kier alpha value is -1.95. The van der Waals surface area contributed by atoms with Gasteiger partial charge < -0.3 is 10.6 Å². The number of carbonyl (C=O) groups is 1. The van der Waals surface area contributed by atoms with Crippen LogP contribution in [0, 0.1) is 0 Å². The first-order valence-electron chi connectivity index (χ1n) is 5.66. The van der Waals surface area contributed by atoms with Crippen LogP contribution in [-0.4, -0.2) is 22.4 Å². The van der Waals surface area contributed by atoms with E-state index in [4.69, 9.17) is 0 Å². The molecule has 0 atom stereocenters. The SMILES string of the molecule is CCNc1cc(C(=O)NCc2nccs2)ccn1. The summed E-state index contributed by atoms with van der Waals surface area (Å²) in [6.45, 7) is 3.21. The van der Waals surface area contributed by atoms with E-state index in [0.717, 1.165) is 11.6 Å². The number of hydrogen-bond donors (Lipinski definition) is 2. The van der Waals surface area contributed by atoms with Crippen molar-refractivity contribution in [1.82, 2.24) is 15.3 Å². The van der Waals surface area contributed by atoms with E-state index in [1.165, 1.54) is 11.3 Å². The summed E-state index contributed by atoms with van der Waals surface area (Å²) < 4.78 is 0. The number of carbonyl (C=O) groups excluding carboxylic acids is 1. The van der Waals surface area contributed by atoms with Crippen LogP contribution >= 0.6 is 11.3 Å². The first kappa shape index (κ1) is 12.5. The van der Waals surface area contributed by atoms with Crippen LogP contribution in [-0.2, 0) is 6.54 Å². The zero-order valence-corrected chi connectivity index (χ0v) is 10.8. The van der Waals surface area contributed by atoms with Gasteiger partial charge >= 0.3 is 0 Å². The van der Waals surface area contributed by atoms with E-state index >= 15 is 0 Å². The fourth-order valence-electron chi connectivity index (χ4n) is 1.45. The van der Waals surface area contributed by atoms with E-state index in [9.17, 15) is 4.79 Å². The molecule has 2 aromatic heterocycles. The van der Waals surface area contributed by atoms with Gasteiger partial charge in [-0.3, -0.25) is 4.79 Å². The first-order chi connectivity index (χ1) is 8.79. The molecule has 0 aliphatic heterocycles. The monoisotopic (exact) mass is 262 g/mol. The van der Waals surface area contributed by atoms with Gasteiger partial charge in [-0.15, -0.1) is 11.3 Å². The number of anilines is 1. The topological polar surface area (TPSA) is 66.9 Å². The van der Waals surface area contributed by atoms with Crippen molar-refractivity contribution in [2.45, 2.75) is 13.5 Å². The molecule has 0 radical (unpaired) electrons. The lowest BCUT2D eigenvalue weighted by Gasteiger charge is -2.06. The molecule has 0 spiro atoms. The van der Waals surface area contributed by atoms with Gasteiger partial charge in [-0.05, 0) is 19.1 Å². The van der Waals surface area contributed by atoms with Crippen molar-refractivity contribution in [3.05, 3.63) is 40.5 Å². The van der Waals surface area contributed by atoms with Crippen molar-refractivity contribution in [1.29, 1.82) is 0 Å². The normalized spacial score (nSPS) is 10.1.